The van der Waals surface area contributed by atoms with Crippen molar-refractivity contribution in [2.45, 2.75) is 6.04 Å². The lowest BCUT2D eigenvalue weighted by Crippen LogP contribution is -2.28. The van der Waals surface area contributed by atoms with Crippen molar-refractivity contribution in [3.8, 4) is 27.8 Å². The molecule has 1 aromatic heterocycles. The maximum Gasteiger partial charge on any atom is 0.203 e. The first-order chi connectivity index (χ1) is 12.7. The van der Waals surface area contributed by atoms with Crippen molar-refractivity contribution in [3.63, 3.8) is 0 Å². The van der Waals surface area contributed by atoms with Crippen molar-refractivity contribution in [1.82, 2.24) is 10.4 Å². The van der Waals surface area contributed by atoms with Gasteiger partial charge < -0.3 is 14.2 Å². The Morgan fingerprint density at radius 3 is 2.08 bits per heavy atom. The SMILES string of the molecule is COc1cc(C(NN)c2ccc(-c3nccs3)cc2)cc(OC)c1OC. The summed E-state index contributed by atoms with van der Waals surface area (Å²) in [6.07, 6.45) is 1.80. The van der Waals surface area contributed by atoms with Gasteiger partial charge in [0.05, 0.1) is 27.4 Å². The first-order valence-corrected chi connectivity index (χ1v) is 8.85. The third-order valence-electron chi connectivity index (χ3n) is 4.11. The van der Waals surface area contributed by atoms with Gasteiger partial charge in [0.2, 0.25) is 5.75 Å². The van der Waals surface area contributed by atoms with Crippen molar-refractivity contribution in [2.75, 3.05) is 21.3 Å². The number of methoxy groups -OCH3 is 3. The molecule has 7 heteroatoms. The minimum atomic E-state index is -0.228. The molecule has 1 atom stereocenters. The van der Waals surface area contributed by atoms with Crippen molar-refractivity contribution in [3.05, 3.63) is 59.1 Å². The second-order valence-corrected chi connectivity index (χ2v) is 6.41. The van der Waals surface area contributed by atoms with Crippen LogP contribution in [0.1, 0.15) is 17.2 Å². The topological polar surface area (TPSA) is 78.6 Å². The number of hydrogen-bond donors (Lipinski definition) is 2. The van der Waals surface area contributed by atoms with Gasteiger partial charge in [-0.15, -0.1) is 11.3 Å². The number of thiazole rings is 1. The normalized spacial score (nSPS) is 11.8. The number of rotatable bonds is 7. The Morgan fingerprint density at radius 2 is 1.62 bits per heavy atom. The minimum absolute atomic E-state index is 0.228. The Hall–Kier alpha value is -2.61. The molecule has 136 valence electrons. The van der Waals surface area contributed by atoms with E-state index in [1.54, 1.807) is 38.9 Å². The molecule has 0 saturated carbocycles. The van der Waals surface area contributed by atoms with Gasteiger partial charge in [-0.05, 0) is 23.3 Å². The lowest BCUT2D eigenvalue weighted by Gasteiger charge is -2.20. The number of benzene rings is 2. The van der Waals surface area contributed by atoms with Gasteiger partial charge in [0.1, 0.15) is 5.01 Å². The fourth-order valence-corrected chi connectivity index (χ4v) is 3.48. The van der Waals surface area contributed by atoms with Crippen molar-refractivity contribution < 1.29 is 14.2 Å². The van der Waals surface area contributed by atoms with Gasteiger partial charge in [0, 0.05) is 17.1 Å². The second kappa shape index (κ2) is 8.18. The molecule has 0 amide bonds. The molecule has 0 radical (unpaired) electrons. The number of nitrogens with two attached hydrogens (primary N) is 1. The van der Waals surface area contributed by atoms with E-state index in [-0.39, 0.29) is 6.04 Å². The lowest BCUT2D eigenvalue weighted by atomic mass is 9.97. The standard InChI is InChI=1S/C19H21N3O3S/c1-23-15-10-14(11-16(24-2)18(15)25-3)17(22-20)12-4-6-13(7-5-12)19-21-8-9-26-19/h4-11,17,22H,20H2,1-3H3. The summed E-state index contributed by atoms with van der Waals surface area (Å²) in [7, 11) is 4.76. The van der Waals surface area contributed by atoms with Gasteiger partial charge >= 0.3 is 0 Å². The van der Waals surface area contributed by atoms with E-state index in [9.17, 15) is 0 Å². The van der Waals surface area contributed by atoms with E-state index >= 15 is 0 Å². The molecule has 0 aliphatic rings. The van der Waals surface area contributed by atoms with Crippen LogP contribution in [0.2, 0.25) is 0 Å². The summed E-state index contributed by atoms with van der Waals surface area (Å²) in [5, 5.41) is 2.95. The quantitative estimate of drug-likeness (QED) is 0.490. The predicted molar refractivity (Wildman–Crippen MR) is 103 cm³/mol. The molecule has 3 N–H and O–H groups in total. The monoisotopic (exact) mass is 371 g/mol. The number of hydrogen-bond acceptors (Lipinski definition) is 7. The smallest absolute Gasteiger partial charge is 0.203 e. The van der Waals surface area contributed by atoms with Crippen molar-refractivity contribution >= 4 is 11.3 Å². The van der Waals surface area contributed by atoms with Crippen LogP contribution in [0.4, 0.5) is 0 Å². The van der Waals surface area contributed by atoms with Gasteiger partial charge in [0.15, 0.2) is 11.5 Å². The number of nitrogens with zero attached hydrogens (tertiary/aromatic N) is 1. The van der Waals surface area contributed by atoms with Crippen LogP contribution in [-0.2, 0) is 0 Å². The van der Waals surface area contributed by atoms with E-state index in [0.717, 1.165) is 21.7 Å². The molecule has 1 heterocycles. The largest absolute Gasteiger partial charge is 0.493 e. The summed E-state index contributed by atoms with van der Waals surface area (Å²) in [5.41, 5.74) is 5.86. The zero-order valence-corrected chi connectivity index (χ0v) is 15.7. The molecular formula is C19H21N3O3S. The second-order valence-electron chi connectivity index (χ2n) is 5.52. The van der Waals surface area contributed by atoms with Crippen LogP contribution in [0.5, 0.6) is 17.2 Å². The highest BCUT2D eigenvalue weighted by Gasteiger charge is 2.19. The van der Waals surface area contributed by atoms with Crippen molar-refractivity contribution in [2.24, 2.45) is 5.84 Å². The molecular weight excluding hydrogens is 350 g/mol. The van der Waals surface area contributed by atoms with Gasteiger partial charge in [-0.3, -0.25) is 5.84 Å². The van der Waals surface area contributed by atoms with E-state index < -0.39 is 0 Å². The molecule has 3 aromatic rings. The van der Waals surface area contributed by atoms with Crippen LogP contribution in [0.25, 0.3) is 10.6 Å². The molecule has 6 nitrogen and oxygen atoms in total. The lowest BCUT2D eigenvalue weighted by molar-refractivity contribution is 0.323. The van der Waals surface area contributed by atoms with E-state index in [0.29, 0.717) is 17.2 Å². The zero-order valence-electron chi connectivity index (χ0n) is 14.9. The fraction of sp³-hybridized carbons (Fsp3) is 0.211. The average Bonchev–Trinajstić information content (AvgIpc) is 3.23. The highest BCUT2D eigenvalue weighted by atomic mass is 32.1. The third kappa shape index (κ3) is 3.50. The van der Waals surface area contributed by atoms with Crippen molar-refractivity contribution in [1.29, 1.82) is 0 Å². The fourth-order valence-electron chi connectivity index (χ4n) is 2.84. The van der Waals surface area contributed by atoms with Gasteiger partial charge in [-0.1, -0.05) is 24.3 Å². The van der Waals surface area contributed by atoms with Crippen LogP contribution in [0.15, 0.2) is 48.0 Å². The molecule has 0 spiro atoms. The van der Waals surface area contributed by atoms with Crippen LogP contribution < -0.4 is 25.5 Å². The van der Waals surface area contributed by atoms with Gasteiger partial charge in [-0.25, -0.2) is 10.4 Å². The first-order valence-electron chi connectivity index (χ1n) is 7.97. The molecule has 0 aliphatic heterocycles. The molecule has 0 fully saturated rings. The summed E-state index contributed by atoms with van der Waals surface area (Å²) in [4.78, 5) is 4.34. The minimum Gasteiger partial charge on any atom is -0.493 e. The van der Waals surface area contributed by atoms with Gasteiger partial charge in [0.25, 0.3) is 0 Å². The maximum absolute atomic E-state index is 5.85. The molecule has 0 saturated heterocycles. The summed E-state index contributed by atoms with van der Waals surface area (Å²) >= 11 is 1.61. The molecule has 1 unspecified atom stereocenters. The number of nitrogens with one attached hydrogen (secondary N) is 1. The zero-order chi connectivity index (χ0) is 18.5. The van der Waals surface area contributed by atoms with E-state index in [1.807, 2.05) is 41.8 Å². The van der Waals surface area contributed by atoms with E-state index in [4.69, 9.17) is 20.1 Å². The first kappa shape index (κ1) is 18.2. The Bertz CT molecular complexity index is 826. The predicted octanol–water partition coefficient (Wildman–Crippen LogP) is 3.39. The third-order valence-corrected chi connectivity index (χ3v) is 4.93. The van der Waals surface area contributed by atoms with Gasteiger partial charge in [-0.2, -0.15) is 0 Å². The van der Waals surface area contributed by atoms with E-state index in [1.165, 1.54) is 0 Å². The Kier molecular flexibility index (Phi) is 5.72. The maximum atomic E-state index is 5.85. The summed E-state index contributed by atoms with van der Waals surface area (Å²) in [6.45, 7) is 0. The molecule has 0 bridgehead atoms. The Labute approximate surface area is 156 Å². The average molecular weight is 371 g/mol. The highest BCUT2D eigenvalue weighted by molar-refractivity contribution is 7.13. The summed E-state index contributed by atoms with van der Waals surface area (Å²) < 4.78 is 16.3. The van der Waals surface area contributed by atoms with Crippen LogP contribution in [0, 0.1) is 0 Å². The Balaban J connectivity index is 1.98. The molecule has 0 aliphatic carbocycles. The number of hydrazine groups is 1. The Morgan fingerprint density at radius 1 is 0.962 bits per heavy atom. The van der Waals surface area contributed by atoms with E-state index in [2.05, 4.69) is 10.4 Å². The van der Waals surface area contributed by atoms with Crippen LogP contribution in [-0.4, -0.2) is 26.3 Å². The highest BCUT2D eigenvalue weighted by Crippen LogP contribution is 2.40. The molecule has 26 heavy (non-hydrogen) atoms. The molecule has 2 aromatic carbocycles. The van der Waals surface area contributed by atoms with Crippen LogP contribution in [0.3, 0.4) is 0 Å². The summed E-state index contributed by atoms with van der Waals surface area (Å²) in [6, 6.07) is 11.7. The number of ether oxygens (including phenoxy) is 3. The number of aromatic nitrogens is 1. The van der Waals surface area contributed by atoms with Crippen LogP contribution >= 0.6 is 11.3 Å². The molecule has 3 rings (SSSR count). The summed E-state index contributed by atoms with van der Waals surface area (Å²) in [5.74, 6) is 7.57.